The predicted octanol–water partition coefficient (Wildman–Crippen LogP) is 1.50. The fourth-order valence-electron chi connectivity index (χ4n) is 2.18. The van der Waals surface area contributed by atoms with Gasteiger partial charge in [0.2, 0.25) is 5.91 Å². The second-order valence-corrected chi connectivity index (χ2v) is 4.43. The van der Waals surface area contributed by atoms with Crippen molar-refractivity contribution in [3.8, 4) is 0 Å². The van der Waals surface area contributed by atoms with E-state index in [-0.39, 0.29) is 18.0 Å². The van der Waals surface area contributed by atoms with Gasteiger partial charge in [-0.15, -0.1) is 0 Å². The lowest BCUT2D eigenvalue weighted by Crippen LogP contribution is -2.50. The first-order chi connectivity index (χ1) is 6.95. The first-order valence-electron chi connectivity index (χ1n) is 5.50. The molecule has 3 unspecified atom stereocenters. The number of carboxylic acid groups (broad SMARTS) is 1. The number of carbonyl (C=O) groups excluding carboxylic acids is 1. The van der Waals surface area contributed by atoms with Crippen molar-refractivity contribution in [2.45, 2.75) is 52.1 Å². The molecule has 0 aromatic heterocycles. The van der Waals surface area contributed by atoms with Gasteiger partial charge in [0.05, 0.1) is 0 Å². The number of carbonyl (C=O) groups is 2. The molecule has 1 aliphatic heterocycles. The Morgan fingerprint density at radius 3 is 2.13 bits per heavy atom. The second kappa shape index (κ2) is 4.64. The van der Waals surface area contributed by atoms with Gasteiger partial charge in [0.25, 0.3) is 0 Å². The van der Waals surface area contributed by atoms with Crippen LogP contribution in [0, 0.1) is 5.92 Å². The van der Waals surface area contributed by atoms with Crippen LogP contribution in [0.1, 0.15) is 40.0 Å². The lowest BCUT2D eigenvalue weighted by atomic mass is 9.95. The molecule has 1 heterocycles. The number of carboxylic acids is 1. The van der Waals surface area contributed by atoms with Gasteiger partial charge in [0, 0.05) is 12.1 Å². The number of likely N-dealkylation sites (tertiary alicyclic amines) is 1. The van der Waals surface area contributed by atoms with Gasteiger partial charge in [-0.25, -0.2) is 0 Å². The maximum absolute atomic E-state index is 11.9. The van der Waals surface area contributed by atoms with Crippen molar-refractivity contribution in [3.63, 3.8) is 0 Å². The highest BCUT2D eigenvalue weighted by atomic mass is 16.4. The van der Waals surface area contributed by atoms with Crippen molar-refractivity contribution in [1.29, 1.82) is 0 Å². The van der Waals surface area contributed by atoms with E-state index in [0.29, 0.717) is 0 Å². The first-order valence-corrected chi connectivity index (χ1v) is 5.50. The smallest absolute Gasteiger partial charge is 0.315 e. The number of piperidine rings is 1. The van der Waals surface area contributed by atoms with Crippen molar-refractivity contribution in [1.82, 2.24) is 4.90 Å². The molecule has 4 nitrogen and oxygen atoms in total. The third-order valence-corrected chi connectivity index (χ3v) is 3.19. The maximum Gasteiger partial charge on any atom is 0.315 e. The molecule has 1 rings (SSSR count). The maximum atomic E-state index is 11.9. The molecule has 0 radical (unpaired) electrons. The molecule has 1 N–H and O–H groups in total. The molecule has 0 bridgehead atoms. The number of rotatable bonds is 2. The zero-order valence-corrected chi connectivity index (χ0v) is 9.56. The molecule has 1 saturated heterocycles. The van der Waals surface area contributed by atoms with E-state index in [1.54, 1.807) is 4.90 Å². The summed E-state index contributed by atoms with van der Waals surface area (Å²) in [6.45, 7) is 5.43. The van der Waals surface area contributed by atoms with Crippen molar-refractivity contribution < 1.29 is 14.7 Å². The van der Waals surface area contributed by atoms with Gasteiger partial charge in [-0.05, 0) is 40.0 Å². The Bertz CT molecular complexity index is 255. The highest BCUT2D eigenvalue weighted by Crippen LogP contribution is 2.24. The highest BCUT2D eigenvalue weighted by molar-refractivity contribution is 5.96. The van der Waals surface area contributed by atoms with E-state index < -0.39 is 11.9 Å². The van der Waals surface area contributed by atoms with E-state index >= 15 is 0 Å². The van der Waals surface area contributed by atoms with Crippen LogP contribution in [-0.2, 0) is 9.59 Å². The van der Waals surface area contributed by atoms with Crippen LogP contribution < -0.4 is 0 Å². The minimum absolute atomic E-state index is 0.169. The largest absolute Gasteiger partial charge is 0.481 e. The monoisotopic (exact) mass is 213 g/mol. The van der Waals surface area contributed by atoms with Gasteiger partial charge >= 0.3 is 5.97 Å². The van der Waals surface area contributed by atoms with E-state index in [0.717, 1.165) is 19.3 Å². The summed E-state index contributed by atoms with van der Waals surface area (Å²) in [5, 5.41) is 8.81. The summed E-state index contributed by atoms with van der Waals surface area (Å²) in [5.41, 5.74) is 0. The van der Waals surface area contributed by atoms with Crippen LogP contribution in [0.3, 0.4) is 0 Å². The average Bonchev–Trinajstić information content (AvgIpc) is 2.15. The van der Waals surface area contributed by atoms with Crippen LogP contribution in [0.4, 0.5) is 0 Å². The Balaban J connectivity index is 2.75. The highest BCUT2D eigenvalue weighted by Gasteiger charge is 2.34. The van der Waals surface area contributed by atoms with Crippen LogP contribution in [0.2, 0.25) is 0 Å². The summed E-state index contributed by atoms with van der Waals surface area (Å²) in [5.74, 6) is -2.21. The van der Waals surface area contributed by atoms with Crippen molar-refractivity contribution >= 4 is 11.9 Å². The third kappa shape index (κ3) is 2.49. The van der Waals surface area contributed by atoms with E-state index in [9.17, 15) is 9.59 Å². The van der Waals surface area contributed by atoms with Crippen molar-refractivity contribution in [2.24, 2.45) is 5.92 Å². The average molecular weight is 213 g/mol. The van der Waals surface area contributed by atoms with Crippen LogP contribution in [0.5, 0.6) is 0 Å². The fourth-order valence-corrected chi connectivity index (χ4v) is 2.18. The van der Waals surface area contributed by atoms with Gasteiger partial charge in [0.15, 0.2) is 0 Å². The van der Waals surface area contributed by atoms with Gasteiger partial charge in [-0.3, -0.25) is 9.59 Å². The molecule has 1 fully saturated rings. The molecule has 15 heavy (non-hydrogen) atoms. The summed E-state index contributed by atoms with van der Waals surface area (Å²) in [6, 6.07) is 0.339. The predicted molar refractivity (Wildman–Crippen MR) is 56.4 cm³/mol. The molecule has 0 aromatic rings. The van der Waals surface area contributed by atoms with E-state index in [2.05, 4.69) is 0 Å². The molecule has 4 heteroatoms. The summed E-state index contributed by atoms with van der Waals surface area (Å²) in [7, 11) is 0. The fraction of sp³-hybridized carbons (Fsp3) is 0.818. The molecule has 1 amide bonds. The summed E-state index contributed by atoms with van der Waals surface area (Å²) >= 11 is 0. The summed E-state index contributed by atoms with van der Waals surface area (Å²) in [4.78, 5) is 24.4. The molecule has 0 spiro atoms. The standard InChI is InChI=1S/C11H19NO3/c1-7-5-4-6-8(2)12(7)10(13)9(3)11(14)15/h7-9H,4-6H2,1-3H3,(H,14,15). The second-order valence-electron chi connectivity index (χ2n) is 4.43. The molecule has 0 aromatic carbocycles. The molecular formula is C11H19NO3. The Morgan fingerprint density at radius 1 is 1.27 bits per heavy atom. The molecular weight excluding hydrogens is 194 g/mol. The van der Waals surface area contributed by atoms with Crippen LogP contribution >= 0.6 is 0 Å². The molecule has 3 atom stereocenters. The molecule has 1 aliphatic rings. The van der Waals surface area contributed by atoms with Crippen molar-refractivity contribution in [2.75, 3.05) is 0 Å². The van der Waals surface area contributed by atoms with Crippen LogP contribution in [0.25, 0.3) is 0 Å². The first kappa shape index (κ1) is 12.0. The molecule has 86 valence electrons. The molecule has 0 aliphatic carbocycles. The zero-order valence-electron chi connectivity index (χ0n) is 9.56. The van der Waals surface area contributed by atoms with Crippen LogP contribution in [-0.4, -0.2) is 34.0 Å². The minimum Gasteiger partial charge on any atom is -0.481 e. The van der Waals surface area contributed by atoms with E-state index in [1.165, 1.54) is 6.92 Å². The minimum atomic E-state index is -1.04. The number of nitrogens with zero attached hydrogens (tertiary/aromatic N) is 1. The Kier molecular flexibility index (Phi) is 3.72. The quantitative estimate of drug-likeness (QED) is 0.707. The van der Waals surface area contributed by atoms with Gasteiger partial charge in [-0.1, -0.05) is 0 Å². The lowest BCUT2D eigenvalue weighted by Gasteiger charge is -2.39. The Hall–Kier alpha value is -1.06. The topological polar surface area (TPSA) is 57.6 Å². The van der Waals surface area contributed by atoms with Gasteiger partial charge in [0.1, 0.15) is 5.92 Å². The number of aliphatic carboxylic acids is 1. The number of amides is 1. The lowest BCUT2D eigenvalue weighted by molar-refractivity contribution is -0.153. The normalized spacial score (nSPS) is 28.6. The van der Waals surface area contributed by atoms with Crippen LogP contribution in [0.15, 0.2) is 0 Å². The summed E-state index contributed by atoms with van der Waals surface area (Å²) < 4.78 is 0. The third-order valence-electron chi connectivity index (χ3n) is 3.19. The Morgan fingerprint density at radius 2 is 1.73 bits per heavy atom. The van der Waals surface area contributed by atoms with Gasteiger partial charge in [-0.2, -0.15) is 0 Å². The molecule has 0 saturated carbocycles. The van der Waals surface area contributed by atoms with E-state index in [4.69, 9.17) is 5.11 Å². The van der Waals surface area contributed by atoms with Gasteiger partial charge < -0.3 is 10.0 Å². The Labute approximate surface area is 90.3 Å². The van der Waals surface area contributed by atoms with E-state index in [1.807, 2.05) is 13.8 Å². The number of hydrogen-bond donors (Lipinski definition) is 1. The summed E-state index contributed by atoms with van der Waals surface area (Å²) in [6.07, 6.45) is 3.07. The zero-order chi connectivity index (χ0) is 11.6. The van der Waals surface area contributed by atoms with Crippen molar-refractivity contribution in [3.05, 3.63) is 0 Å². The number of hydrogen-bond acceptors (Lipinski definition) is 2. The SMILES string of the molecule is CC(C(=O)O)C(=O)N1C(C)CCCC1C.